The standard InChI is InChI=1S/2C10H7NO2.Co.H2O/c2*12-10(13)9-6-5-7-3-1-2-4-8(7)11-9;;/h2*1-6H,(H,12,13);;1H2/q;;+2;/p-1. The number of carbonyl (C=O) groups is 2. The molecule has 4 aromatic rings. The van der Waals surface area contributed by atoms with Crippen molar-refractivity contribution < 1.29 is 42.1 Å². The van der Waals surface area contributed by atoms with E-state index in [-0.39, 0.29) is 33.6 Å². The van der Waals surface area contributed by atoms with Gasteiger partial charge in [0, 0.05) is 10.8 Å². The van der Waals surface area contributed by atoms with E-state index in [0.717, 1.165) is 10.8 Å². The Morgan fingerprint density at radius 1 is 0.607 bits per heavy atom. The van der Waals surface area contributed by atoms with Gasteiger partial charge in [-0.15, -0.1) is 0 Å². The van der Waals surface area contributed by atoms with Crippen LogP contribution in [-0.2, 0) is 22.3 Å². The average molecular weight is 422 g/mol. The molecule has 0 saturated carbocycles. The molecule has 0 atom stereocenters. The smallest absolute Gasteiger partial charge is 0.543 e. The quantitative estimate of drug-likeness (QED) is 0.425. The molecule has 0 fully saturated rings. The number of aromatic nitrogens is 2. The Morgan fingerprint density at radius 2 is 0.964 bits per heavy atom. The molecule has 0 aliphatic rings. The molecule has 0 saturated heterocycles. The normalized spacial score (nSPS) is 9.43. The number of carboxylic acids is 2. The van der Waals surface area contributed by atoms with E-state index in [1.165, 1.54) is 12.1 Å². The van der Waals surface area contributed by atoms with Crippen LogP contribution >= 0.6 is 0 Å². The van der Waals surface area contributed by atoms with Gasteiger partial charge in [0.25, 0.3) is 0 Å². The minimum Gasteiger partial charge on any atom is -0.543 e. The Hall–Kier alpha value is -3.33. The molecule has 0 amide bonds. The molecule has 0 unspecified atom stereocenters. The van der Waals surface area contributed by atoms with Crippen LogP contribution in [0, 0.1) is 0 Å². The van der Waals surface area contributed by atoms with Gasteiger partial charge in [0.05, 0.1) is 34.4 Å². The van der Waals surface area contributed by atoms with E-state index in [0.29, 0.717) is 11.0 Å². The largest absolute Gasteiger partial charge is 2.00 e. The van der Waals surface area contributed by atoms with Crippen molar-refractivity contribution in [2.45, 2.75) is 0 Å². The molecule has 0 aliphatic carbocycles. The first-order valence-corrected chi connectivity index (χ1v) is 7.69. The van der Waals surface area contributed by atoms with E-state index in [1.807, 2.05) is 36.4 Å². The SMILES string of the molecule is O=C([O-])c1ccc2ccccc2n1.O=C([O-])c1ccc2ccccc2n1.[Co+2].[OH3+]. The number of hydrogen-bond donors (Lipinski definition) is 0. The molecule has 2 aromatic carbocycles. The van der Waals surface area contributed by atoms with E-state index < -0.39 is 11.9 Å². The van der Waals surface area contributed by atoms with E-state index in [4.69, 9.17) is 0 Å². The number of aromatic carboxylic acids is 2. The van der Waals surface area contributed by atoms with Crippen molar-refractivity contribution >= 4 is 33.7 Å². The molecule has 0 spiro atoms. The number of carbonyl (C=O) groups excluding carboxylic acids is 2. The summed E-state index contributed by atoms with van der Waals surface area (Å²) in [6, 6.07) is 21.0. The first-order chi connectivity index (χ1) is 12.5. The zero-order valence-electron chi connectivity index (χ0n) is 14.4. The van der Waals surface area contributed by atoms with Crippen molar-refractivity contribution in [3.05, 3.63) is 84.2 Å². The summed E-state index contributed by atoms with van der Waals surface area (Å²) in [6.45, 7) is 0. The first-order valence-electron chi connectivity index (χ1n) is 7.69. The van der Waals surface area contributed by atoms with Crippen molar-refractivity contribution in [1.82, 2.24) is 9.97 Å². The monoisotopic (exact) mass is 422 g/mol. The molecule has 3 N–H and O–H groups in total. The fourth-order valence-corrected chi connectivity index (χ4v) is 2.36. The Kier molecular flexibility index (Phi) is 8.21. The Labute approximate surface area is 170 Å². The van der Waals surface area contributed by atoms with Crippen LogP contribution in [0.3, 0.4) is 0 Å². The maximum absolute atomic E-state index is 10.5. The van der Waals surface area contributed by atoms with Gasteiger partial charge in [-0.3, -0.25) is 0 Å². The molecular weight excluding hydrogens is 407 g/mol. The van der Waals surface area contributed by atoms with Crippen LogP contribution in [-0.4, -0.2) is 21.9 Å². The number of para-hydroxylation sites is 2. The second-order valence-electron chi connectivity index (χ2n) is 5.35. The van der Waals surface area contributed by atoms with Gasteiger partial charge < -0.3 is 25.3 Å². The van der Waals surface area contributed by atoms with Gasteiger partial charge in [-0.25, -0.2) is 9.97 Å². The predicted molar refractivity (Wildman–Crippen MR) is 97.0 cm³/mol. The summed E-state index contributed by atoms with van der Waals surface area (Å²) in [6.07, 6.45) is 0. The van der Waals surface area contributed by atoms with Gasteiger partial charge in [0.1, 0.15) is 0 Å². The number of nitrogens with zero attached hydrogens (tertiary/aromatic N) is 2. The number of hydrogen-bond acceptors (Lipinski definition) is 6. The number of fused-ring (bicyclic) bond motifs is 2. The molecule has 143 valence electrons. The Bertz CT molecular complexity index is 1030. The summed E-state index contributed by atoms with van der Waals surface area (Å²) in [5, 5.41) is 22.8. The van der Waals surface area contributed by atoms with Gasteiger partial charge >= 0.3 is 16.8 Å². The first kappa shape index (κ1) is 22.7. The molecule has 1 radical (unpaired) electrons. The van der Waals surface area contributed by atoms with Gasteiger partial charge in [0.15, 0.2) is 0 Å². The topological polar surface area (TPSA) is 139 Å². The molecule has 0 bridgehead atoms. The van der Waals surface area contributed by atoms with E-state index in [1.54, 1.807) is 24.3 Å². The summed E-state index contributed by atoms with van der Waals surface area (Å²) in [4.78, 5) is 28.8. The second-order valence-corrected chi connectivity index (χ2v) is 5.35. The zero-order valence-corrected chi connectivity index (χ0v) is 15.4. The summed E-state index contributed by atoms with van der Waals surface area (Å²) < 4.78 is 0. The van der Waals surface area contributed by atoms with Gasteiger partial charge in [-0.1, -0.05) is 48.5 Å². The van der Waals surface area contributed by atoms with Crippen molar-refractivity contribution in [1.29, 1.82) is 0 Å². The second kappa shape index (κ2) is 10.1. The average Bonchev–Trinajstić information content (AvgIpc) is 2.67. The minimum absolute atomic E-state index is 0. The van der Waals surface area contributed by atoms with Gasteiger partial charge in [-0.05, 0) is 24.3 Å². The van der Waals surface area contributed by atoms with Crippen LogP contribution in [0.25, 0.3) is 21.8 Å². The Morgan fingerprint density at radius 3 is 1.32 bits per heavy atom. The van der Waals surface area contributed by atoms with Crippen LogP contribution < -0.4 is 10.2 Å². The summed E-state index contributed by atoms with van der Waals surface area (Å²) in [5.41, 5.74) is 1.28. The van der Waals surface area contributed by atoms with Crippen molar-refractivity contribution in [2.75, 3.05) is 0 Å². The number of rotatable bonds is 2. The summed E-state index contributed by atoms with van der Waals surface area (Å²) in [5.74, 6) is -2.49. The molecule has 2 aromatic heterocycles. The molecule has 28 heavy (non-hydrogen) atoms. The molecule has 4 rings (SSSR count). The molecular formula is C20H15CoN2O5+. The molecule has 0 aliphatic heterocycles. The maximum atomic E-state index is 10.5. The van der Waals surface area contributed by atoms with Gasteiger partial charge in [0.2, 0.25) is 0 Å². The number of pyridine rings is 2. The summed E-state index contributed by atoms with van der Waals surface area (Å²) >= 11 is 0. The third kappa shape index (κ3) is 5.33. The maximum Gasteiger partial charge on any atom is 2.00 e. The fourth-order valence-electron chi connectivity index (χ4n) is 2.36. The Balaban J connectivity index is 0.000000261. The third-order valence-corrected chi connectivity index (χ3v) is 3.62. The van der Waals surface area contributed by atoms with Crippen molar-refractivity contribution in [3.8, 4) is 0 Å². The predicted octanol–water partition coefficient (Wildman–Crippen LogP) is 0.272. The number of carboxylic acid groups (broad SMARTS) is 2. The fraction of sp³-hybridized carbons (Fsp3) is 0. The minimum atomic E-state index is -1.24. The molecule has 8 heteroatoms. The molecule has 7 nitrogen and oxygen atoms in total. The van der Waals surface area contributed by atoms with Crippen LogP contribution in [0.5, 0.6) is 0 Å². The van der Waals surface area contributed by atoms with E-state index >= 15 is 0 Å². The summed E-state index contributed by atoms with van der Waals surface area (Å²) in [7, 11) is 0. The van der Waals surface area contributed by atoms with Crippen LogP contribution in [0.1, 0.15) is 21.0 Å². The van der Waals surface area contributed by atoms with Gasteiger partial charge in [-0.2, -0.15) is 0 Å². The van der Waals surface area contributed by atoms with Crippen LogP contribution in [0.2, 0.25) is 0 Å². The van der Waals surface area contributed by atoms with E-state index in [9.17, 15) is 19.8 Å². The van der Waals surface area contributed by atoms with Crippen LogP contribution in [0.15, 0.2) is 72.8 Å². The van der Waals surface area contributed by atoms with E-state index in [2.05, 4.69) is 9.97 Å². The van der Waals surface area contributed by atoms with Crippen molar-refractivity contribution in [2.24, 2.45) is 0 Å². The third-order valence-electron chi connectivity index (χ3n) is 3.62. The number of benzene rings is 2. The van der Waals surface area contributed by atoms with Crippen LogP contribution in [0.4, 0.5) is 0 Å². The molecule has 2 heterocycles. The zero-order chi connectivity index (χ0) is 18.5. The van der Waals surface area contributed by atoms with Crippen molar-refractivity contribution in [3.63, 3.8) is 0 Å².